The standard InChI is InChI=1S/C34H32ClN3O5S.ClH/c1-44(41,42)37-27-14-17-30(22-7-12-26(35)13-8-22)25(19-27)21-43-29-15-9-23(10-16-29)33-36-31-20-24(34(39)40)11-18-32(31)38(33)28-5-3-2-4-6-28;/h7-20,28,37H,2-6,21H2,1H3,(H,39,40);1H. The van der Waals surface area contributed by atoms with E-state index in [1.165, 1.54) is 6.42 Å². The largest absolute Gasteiger partial charge is 0.489 e. The van der Waals surface area contributed by atoms with Gasteiger partial charge in [0.15, 0.2) is 0 Å². The molecule has 8 nitrogen and oxygen atoms in total. The third-order valence-corrected chi connectivity index (χ3v) is 8.81. The molecule has 0 aliphatic heterocycles. The van der Waals surface area contributed by atoms with Gasteiger partial charge in [-0.2, -0.15) is 0 Å². The smallest absolute Gasteiger partial charge is 0.335 e. The summed E-state index contributed by atoms with van der Waals surface area (Å²) in [4.78, 5) is 16.5. The average Bonchev–Trinajstić information content (AvgIpc) is 3.39. The lowest BCUT2D eigenvalue weighted by Crippen LogP contribution is -2.14. The number of hydrogen-bond donors (Lipinski definition) is 2. The number of halogens is 2. The first-order valence-corrected chi connectivity index (χ1v) is 16.8. The van der Waals surface area contributed by atoms with Gasteiger partial charge in [-0.25, -0.2) is 18.2 Å². The fraction of sp³-hybridized carbons (Fsp3) is 0.235. The molecular formula is C34H33Cl2N3O5S. The summed E-state index contributed by atoms with van der Waals surface area (Å²) in [6.45, 7) is 0.204. The number of carboxylic acid groups (broad SMARTS) is 1. The molecule has 4 aromatic carbocycles. The topological polar surface area (TPSA) is 111 Å². The van der Waals surface area contributed by atoms with E-state index in [1.807, 2.05) is 60.7 Å². The Balaban J connectivity index is 0.00000400. The Hall–Kier alpha value is -4.05. The van der Waals surface area contributed by atoms with E-state index in [1.54, 1.807) is 24.3 Å². The number of nitrogens with one attached hydrogen (secondary N) is 1. The molecule has 1 aliphatic rings. The van der Waals surface area contributed by atoms with Crippen molar-refractivity contribution in [2.45, 2.75) is 44.8 Å². The third-order valence-electron chi connectivity index (χ3n) is 7.95. The molecule has 11 heteroatoms. The molecule has 1 fully saturated rings. The minimum absolute atomic E-state index is 0. The van der Waals surface area contributed by atoms with Crippen molar-refractivity contribution in [2.75, 3.05) is 11.0 Å². The first-order valence-electron chi connectivity index (χ1n) is 14.5. The molecule has 2 N–H and O–H groups in total. The molecule has 5 aromatic rings. The maximum Gasteiger partial charge on any atom is 0.335 e. The van der Waals surface area contributed by atoms with E-state index < -0.39 is 16.0 Å². The highest BCUT2D eigenvalue weighted by Gasteiger charge is 2.23. The van der Waals surface area contributed by atoms with Crippen LogP contribution >= 0.6 is 24.0 Å². The van der Waals surface area contributed by atoms with Crippen LogP contribution in [0.3, 0.4) is 0 Å². The molecule has 0 unspecified atom stereocenters. The summed E-state index contributed by atoms with van der Waals surface area (Å²) in [7, 11) is -3.45. The number of carboxylic acids is 1. The van der Waals surface area contributed by atoms with Crippen molar-refractivity contribution < 1.29 is 23.1 Å². The number of anilines is 1. The summed E-state index contributed by atoms with van der Waals surface area (Å²) in [5.41, 5.74) is 5.83. The number of imidazole rings is 1. The average molecular weight is 667 g/mol. The van der Waals surface area contributed by atoms with Crippen molar-refractivity contribution in [3.05, 3.63) is 101 Å². The van der Waals surface area contributed by atoms with E-state index in [4.69, 9.17) is 21.3 Å². The number of rotatable bonds is 9. The van der Waals surface area contributed by atoms with Crippen molar-refractivity contribution in [3.8, 4) is 28.3 Å². The molecule has 0 saturated heterocycles. The van der Waals surface area contributed by atoms with E-state index in [0.29, 0.717) is 28.0 Å². The van der Waals surface area contributed by atoms with Crippen LogP contribution in [0, 0.1) is 0 Å². The normalized spacial score (nSPS) is 13.7. The molecule has 0 atom stereocenters. The molecular weight excluding hydrogens is 633 g/mol. The molecule has 0 bridgehead atoms. The summed E-state index contributed by atoms with van der Waals surface area (Å²) >= 11 is 6.10. The minimum Gasteiger partial charge on any atom is -0.489 e. The molecule has 0 radical (unpaired) electrons. The number of ether oxygens (including phenoxy) is 1. The zero-order valence-corrected chi connectivity index (χ0v) is 27.0. The van der Waals surface area contributed by atoms with E-state index >= 15 is 0 Å². The van der Waals surface area contributed by atoms with Crippen LogP contribution in [-0.2, 0) is 16.6 Å². The Morgan fingerprint density at radius 1 is 0.956 bits per heavy atom. The zero-order chi connectivity index (χ0) is 30.8. The fourth-order valence-electron chi connectivity index (χ4n) is 5.91. The van der Waals surface area contributed by atoms with Gasteiger partial charge in [0.2, 0.25) is 10.0 Å². The summed E-state index contributed by atoms with van der Waals surface area (Å²) in [5.74, 6) is 0.482. The second-order valence-electron chi connectivity index (χ2n) is 11.2. The SMILES string of the molecule is CS(=O)(=O)Nc1ccc(-c2ccc(Cl)cc2)c(COc2ccc(-c3nc4cc(C(=O)O)ccc4n3C3CCCCC3)cc2)c1.Cl. The summed E-state index contributed by atoms with van der Waals surface area (Å²) < 4.78 is 34.8. The van der Waals surface area contributed by atoms with Gasteiger partial charge in [-0.1, -0.05) is 49.1 Å². The van der Waals surface area contributed by atoms with Crippen molar-refractivity contribution >= 4 is 56.7 Å². The highest BCUT2D eigenvalue weighted by molar-refractivity contribution is 7.92. The number of aromatic nitrogens is 2. The number of benzene rings is 4. The Kier molecular flexibility index (Phi) is 9.72. The highest BCUT2D eigenvalue weighted by atomic mass is 35.5. The summed E-state index contributed by atoms with van der Waals surface area (Å²) in [6.07, 6.45) is 6.77. The Labute approximate surface area is 273 Å². The second-order valence-corrected chi connectivity index (χ2v) is 13.4. The summed E-state index contributed by atoms with van der Waals surface area (Å²) in [5, 5.41) is 10.1. The maximum atomic E-state index is 11.9. The van der Waals surface area contributed by atoms with Crippen molar-refractivity contribution in [2.24, 2.45) is 0 Å². The predicted molar refractivity (Wildman–Crippen MR) is 181 cm³/mol. The van der Waals surface area contributed by atoms with Gasteiger partial charge in [0, 0.05) is 22.3 Å². The Morgan fingerprint density at radius 3 is 2.31 bits per heavy atom. The number of sulfonamides is 1. The molecule has 1 heterocycles. The molecule has 234 valence electrons. The lowest BCUT2D eigenvalue weighted by atomic mass is 9.95. The van der Waals surface area contributed by atoms with Crippen molar-refractivity contribution in [3.63, 3.8) is 0 Å². The first kappa shape index (κ1) is 32.3. The van der Waals surface area contributed by atoms with Crippen LogP contribution in [0.15, 0.2) is 84.9 Å². The van der Waals surface area contributed by atoms with Gasteiger partial charge in [-0.15, -0.1) is 12.4 Å². The lowest BCUT2D eigenvalue weighted by molar-refractivity contribution is 0.0697. The summed E-state index contributed by atoms with van der Waals surface area (Å²) in [6, 6.07) is 26.0. The maximum absolute atomic E-state index is 11.9. The molecule has 1 saturated carbocycles. The number of hydrogen-bond acceptors (Lipinski definition) is 5. The number of nitrogens with zero attached hydrogens (tertiary/aromatic N) is 2. The molecule has 1 aliphatic carbocycles. The zero-order valence-electron chi connectivity index (χ0n) is 24.6. The highest BCUT2D eigenvalue weighted by Crippen LogP contribution is 2.37. The number of carbonyl (C=O) groups is 1. The van der Waals surface area contributed by atoms with E-state index in [9.17, 15) is 18.3 Å². The number of aromatic carboxylic acids is 1. The van der Waals surface area contributed by atoms with Crippen molar-refractivity contribution in [1.29, 1.82) is 0 Å². The van der Waals surface area contributed by atoms with Gasteiger partial charge in [0.25, 0.3) is 0 Å². The molecule has 45 heavy (non-hydrogen) atoms. The minimum atomic E-state index is -3.45. The molecule has 0 amide bonds. The van der Waals surface area contributed by atoms with Crippen LogP contribution < -0.4 is 9.46 Å². The Bertz CT molecular complexity index is 1940. The number of fused-ring (bicyclic) bond motifs is 1. The molecule has 0 spiro atoms. The van der Waals surface area contributed by atoms with E-state index in [-0.39, 0.29) is 24.6 Å². The van der Waals surface area contributed by atoms with Gasteiger partial charge in [0.1, 0.15) is 18.2 Å². The van der Waals surface area contributed by atoms with Crippen LogP contribution in [0.25, 0.3) is 33.5 Å². The van der Waals surface area contributed by atoms with Crippen LogP contribution in [0.1, 0.15) is 54.1 Å². The molecule has 1 aromatic heterocycles. The first-order chi connectivity index (χ1) is 21.1. The third kappa shape index (κ3) is 7.44. The van der Waals surface area contributed by atoms with Gasteiger partial charge in [-0.05, 0) is 96.3 Å². The fourth-order valence-corrected chi connectivity index (χ4v) is 6.59. The molecule has 6 rings (SSSR count). The van der Waals surface area contributed by atoms with Crippen molar-refractivity contribution in [1.82, 2.24) is 9.55 Å². The van der Waals surface area contributed by atoms with Crippen LogP contribution in [0.5, 0.6) is 5.75 Å². The van der Waals surface area contributed by atoms with Gasteiger partial charge >= 0.3 is 5.97 Å². The van der Waals surface area contributed by atoms with Gasteiger partial charge in [-0.3, -0.25) is 4.72 Å². The van der Waals surface area contributed by atoms with Gasteiger partial charge in [0.05, 0.1) is 22.9 Å². The lowest BCUT2D eigenvalue weighted by Gasteiger charge is -2.25. The second kappa shape index (κ2) is 13.5. The van der Waals surface area contributed by atoms with E-state index in [2.05, 4.69) is 9.29 Å². The van der Waals surface area contributed by atoms with E-state index in [0.717, 1.165) is 65.5 Å². The van der Waals surface area contributed by atoms with Gasteiger partial charge < -0.3 is 14.4 Å². The van der Waals surface area contributed by atoms with Crippen LogP contribution in [-0.4, -0.2) is 35.3 Å². The monoisotopic (exact) mass is 665 g/mol. The quantitative estimate of drug-likeness (QED) is 0.163. The Morgan fingerprint density at radius 2 is 1.64 bits per heavy atom. The van der Waals surface area contributed by atoms with Crippen LogP contribution in [0.4, 0.5) is 5.69 Å². The van der Waals surface area contributed by atoms with Crippen LogP contribution in [0.2, 0.25) is 5.02 Å². The predicted octanol–water partition coefficient (Wildman–Crippen LogP) is 8.60.